The van der Waals surface area contributed by atoms with Gasteiger partial charge in [0, 0.05) is 29.7 Å². The van der Waals surface area contributed by atoms with Crippen LogP contribution in [0.3, 0.4) is 0 Å². The third-order valence-electron chi connectivity index (χ3n) is 2.86. The van der Waals surface area contributed by atoms with E-state index in [1.165, 1.54) is 11.1 Å². The summed E-state index contributed by atoms with van der Waals surface area (Å²) in [6, 6.07) is 4.28. The molecule has 0 saturated heterocycles. The minimum atomic E-state index is 0.454. The summed E-state index contributed by atoms with van der Waals surface area (Å²) in [6.07, 6.45) is 4.00. The molecular weight excluding hydrogens is 210 g/mol. The van der Waals surface area contributed by atoms with Gasteiger partial charge in [0.2, 0.25) is 0 Å². The lowest BCUT2D eigenvalue weighted by molar-refractivity contribution is 0.660. The van der Waals surface area contributed by atoms with Crippen molar-refractivity contribution in [1.82, 2.24) is 14.8 Å². The SMILES string of the molecule is CCn1cc(-c2cc(C)nc(C(C)C)c2)cn1. The van der Waals surface area contributed by atoms with E-state index in [2.05, 4.69) is 49.2 Å². The van der Waals surface area contributed by atoms with Crippen LogP contribution in [-0.2, 0) is 6.54 Å². The van der Waals surface area contributed by atoms with Crippen LogP contribution in [0.25, 0.3) is 11.1 Å². The van der Waals surface area contributed by atoms with Crippen LogP contribution >= 0.6 is 0 Å². The highest BCUT2D eigenvalue weighted by Crippen LogP contribution is 2.23. The third kappa shape index (κ3) is 2.54. The second kappa shape index (κ2) is 4.70. The lowest BCUT2D eigenvalue weighted by Crippen LogP contribution is -1.95. The fourth-order valence-electron chi connectivity index (χ4n) is 1.84. The molecule has 2 rings (SSSR count). The second-order valence-corrected chi connectivity index (χ2v) is 4.66. The molecule has 0 radical (unpaired) electrons. The smallest absolute Gasteiger partial charge is 0.0568 e. The molecule has 0 atom stereocenters. The average Bonchev–Trinajstić information content (AvgIpc) is 2.76. The normalized spacial score (nSPS) is 11.1. The van der Waals surface area contributed by atoms with Gasteiger partial charge in [-0.25, -0.2) is 0 Å². The van der Waals surface area contributed by atoms with Crippen LogP contribution < -0.4 is 0 Å². The Balaban J connectivity index is 2.44. The van der Waals surface area contributed by atoms with Crippen molar-refractivity contribution in [2.24, 2.45) is 0 Å². The maximum Gasteiger partial charge on any atom is 0.0568 e. The van der Waals surface area contributed by atoms with Crippen molar-refractivity contribution in [1.29, 1.82) is 0 Å². The predicted molar refractivity (Wildman–Crippen MR) is 70.0 cm³/mol. The van der Waals surface area contributed by atoms with Crippen molar-refractivity contribution in [3.8, 4) is 11.1 Å². The lowest BCUT2D eigenvalue weighted by Gasteiger charge is -2.08. The van der Waals surface area contributed by atoms with Gasteiger partial charge in [0.25, 0.3) is 0 Å². The predicted octanol–water partition coefficient (Wildman–Crippen LogP) is 3.40. The van der Waals surface area contributed by atoms with Crippen LogP contribution in [0.1, 0.15) is 38.1 Å². The molecule has 0 fully saturated rings. The first-order chi connectivity index (χ1) is 8.10. The van der Waals surface area contributed by atoms with E-state index in [-0.39, 0.29) is 0 Å². The lowest BCUT2D eigenvalue weighted by atomic mass is 10.0. The minimum Gasteiger partial charge on any atom is -0.272 e. The highest BCUT2D eigenvalue weighted by atomic mass is 15.3. The quantitative estimate of drug-likeness (QED) is 0.807. The Kier molecular flexibility index (Phi) is 3.27. The molecular formula is C14H19N3. The summed E-state index contributed by atoms with van der Waals surface area (Å²) in [6.45, 7) is 9.37. The van der Waals surface area contributed by atoms with E-state index in [4.69, 9.17) is 0 Å². The van der Waals surface area contributed by atoms with Gasteiger partial charge in [-0.2, -0.15) is 5.10 Å². The van der Waals surface area contributed by atoms with Gasteiger partial charge in [-0.15, -0.1) is 0 Å². The first kappa shape index (κ1) is 11.8. The first-order valence-electron chi connectivity index (χ1n) is 6.11. The van der Waals surface area contributed by atoms with Crippen LogP contribution in [-0.4, -0.2) is 14.8 Å². The second-order valence-electron chi connectivity index (χ2n) is 4.66. The van der Waals surface area contributed by atoms with E-state index in [1.807, 2.05) is 17.8 Å². The molecule has 2 aromatic rings. The standard InChI is InChI=1S/C14H19N3/c1-5-17-9-13(8-15-17)12-6-11(4)16-14(7-12)10(2)3/h6-10H,5H2,1-4H3. The number of rotatable bonds is 3. The Morgan fingerprint density at radius 1 is 1.24 bits per heavy atom. The third-order valence-corrected chi connectivity index (χ3v) is 2.86. The molecule has 90 valence electrons. The highest BCUT2D eigenvalue weighted by molar-refractivity contribution is 5.62. The van der Waals surface area contributed by atoms with Gasteiger partial charge >= 0.3 is 0 Å². The van der Waals surface area contributed by atoms with Gasteiger partial charge in [0.1, 0.15) is 0 Å². The summed E-state index contributed by atoms with van der Waals surface area (Å²) in [5, 5.41) is 4.31. The fraction of sp³-hybridized carbons (Fsp3) is 0.429. The largest absolute Gasteiger partial charge is 0.272 e. The van der Waals surface area contributed by atoms with Crippen LogP contribution in [0.5, 0.6) is 0 Å². The number of aromatic nitrogens is 3. The fourth-order valence-corrected chi connectivity index (χ4v) is 1.84. The number of hydrogen-bond donors (Lipinski definition) is 0. The van der Waals surface area contributed by atoms with Crippen molar-refractivity contribution < 1.29 is 0 Å². The molecule has 17 heavy (non-hydrogen) atoms. The van der Waals surface area contributed by atoms with Crippen LogP contribution in [0.15, 0.2) is 24.5 Å². The first-order valence-corrected chi connectivity index (χ1v) is 6.11. The van der Waals surface area contributed by atoms with Gasteiger partial charge in [-0.3, -0.25) is 9.67 Å². The molecule has 2 heterocycles. The van der Waals surface area contributed by atoms with Gasteiger partial charge < -0.3 is 0 Å². The molecule has 0 N–H and O–H groups in total. The molecule has 3 nitrogen and oxygen atoms in total. The van der Waals surface area contributed by atoms with Gasteiger partial charge in [0.05, 0.1) is 6.20 Å². The Morgan fingerprint density at radius 3 is 2.59 bits per heavy atom. The summed E-state index contributed by atoms with van der Waals surface area (Å²) in [7, 11) is 0. The van der Waals surface area contributed by atoms with E-state index in [1.54, 1.807) is 0 Å². The molecule has 3 heteroatoms. The summed E-state index contributed by atoms with van der Waals surface area (Å²) in [5.74, 6) is 0.454. The number of nitrogens with zero attached hydrogens (tertiary/aromatic N) is 3. The van der Waals surface area contributed by atoms with Crippen LogP contribution in [0.4, 0.5) is 0 Å². The zero-order valence-electron chi connectivity index (χ0n) is 10.9. The monoisotopic (exact) mass is 229 g/mol. The van der Waals surface area contributed by atoms with E-state index < -0.39 is 0 Å². The van der Waals surface area contributed by atoms with Crippen molar-refractivity contribution in [2.75, 3.05) is 0 Å². The van der Waals surface area contributed by atoms with E-state index in [0.29, 0.717) is 5.92 Å². The van der Waals surface area contributed by atoms with Crippen molar-refractivity contribution >= 4 is 0 Å². The van der Waals surface area contributed by atoms with Gasteiger partial charge in [-0.1, -0.05) is 13.8 Å². The maximum absolute atomic E-state index is 4.56. The number of pyridine rings is 1. The van der Waals surface area contributed by atoms with Crippen LogP contribution in [0.2, 0.25) is 0 Å². The molecule has 0 aliphatic carbocycles. The summed E-state index contributed by atoms with van der Waals surface area (Å²) < 4.78 is 1.94. The zero-order chi connectivity index (χ0) is 12.4. The van der Waals surface area contributed by atoms with Gasteiger partial charge in [-0.05, 0) is 37.5 Å². The number of hydrogen-bond acceptors (Lipinski definition) is 2. The Hall–Kier alpha value is -1.64. The maximum atomic E-state index is 4.56. The Labute approximate surface area is 103 Å². The topological polar surface area (TPSA) is 30.7 Å². The summed E-state index contributed by atoms with van der Waals surface area (Å²) >= 11 is 0. The van der Waals surface area contributed by atoms with E-state index >= 15 is 0 Å². The molecule has 0 aliphatic rings. The number of aryl methyl sites for hydroxylation is 2. The van der Waals surface area contributed by atoms with Crippen molar-refractivity contribution in [3.63, 3.8) is 0 Å². The molecule has 0 amide bonds. The van der Waals surface area contributed by atoms with Crippen LogP contribution in [0, 0.1) is 6.92 Å². The molecule has 0 bridgehead atoms. The van der Waals surface area contributed by atoms with E-state index in [9.17, 15) is 0 Å². The Bertz CT molecular complexity index is 512. The van der Waals surface area contributed by atoms with Crippen molar-refractivity contribution in [3.05, 3.63) is 35.9 Å². The molecule has 0 spiro atoms. The minimum absolute atomic E-state index is 0.454. The summed E-state index contributed by atoms with van der Waals surface area (Å²) in [5.41, 5.74) is 4.58. The van der Waals surface area contributed by atoms with Crippen molar-refractivity contribution in [2.45, 2.75) is 40.2 Å². The zero-order valence-corrected chi connectivity index (χ0v) is 10.9. The Morgan fingerprint density at radius 2 is 2.00 bits per heavy atom. The molecule has 0 saturated carbocycles. The molecule has 2 aromatic heterocycles. The van der Waals surface area contributed by atoms with E-state index in [0.717, 1.165) is 17.9 Å². The molecule has 0 aliphatic heterocycles. The highest BCUT2D eigenvalue weighted by Gasteiger charge is 2.07. The van der Waals surface area contributed by atoms with Gasteiger partial charge in [0.15, 0.2) is 0 Å². The molecule has 0 unspecified atom stereocenters. The average molecular weight is 229 g/mol. The summed E-state index contributed by atoms with van der Waals surface area (Å²) in [4.78, 5) is 4.56. The molecule has 0 aromatic carbocycles.